The standard InChI is InChI=1S/C21H25NO3Si/c1-23-21-16-18(15-17(24-21)13-14-22)25-26(2,19-9-5-3-6-10-19)20-11-7-4-8-12-20/h3-12,17-18,21H,13,15-16H2,1-2H3/t17-,18-,21-/m1/s1. The van der Waals surface area contributed by atoms with Crippen LogP contribution in [0.25, 0.3) is 0 Å². The highest BCUT2D eigenvalue weighted by Crippen LogP contribution is 2.27. The Balaban J connectivity index is 1.90. The van der Waals surface area contributed by atoms with Crippen LogP contribution in [0.4, 0.5) is 0 Å². The van der Waals surface area contributed by atoms with Crippen molar-refractivity contribution >= 4 is 18.7 Å². The fourth-order valence-electron chi connectivity index (χ4n) is 3.56. The molecule has 1 aliphatic rings. The topological polar surface area (TPSA) is 51.5 Å². The SMILES string of the molecule is CO[C@H]1C[C@H](O[Si](C)(c2ccccc2)c2ccccc2)C[C@@H](CC#N)O1. The summed E-state index contributed by atoms with van der Waals surface area (Å²) in [4.78, 5) is 0. The zero-order valence-corrected chi connectivity index (χ0v) is 16.3. The van der Waals surface area contributed by atoms with Gasteiger partial charge in [-0.15, -0.1) is 0 Å². The third kappa shape index (κ3) is 4.22. The second kappa shape index (κ2) is 8.61. The summed E-state index contributed by atoms with van der Waals surface area (Å²) in [7, 11) is -0.738. The lowest BCUT2D eigenvalue weighted by Gasteiger charge is -2.39. The lowest BCUT2D eigenvalue weighted by molar-refractivity contribution is -0.199. The predicted octanol–water partition coefficient (Wildman–Crippen LogP) is 2.83. The molecule has 1 saturated heterocycles. The minimum atomic E-state index is -2.38. The number of hydrogen-bond acceptors (Lipinski definition) is 4. The molecule has 26 heavy (non-hydrogen) atoms. The molecular formula is C21H25NO3Si. The quantitative estimate of drug-likeness (QED) is 0.737. The molecule has 0 aliphatic carbocycles. The average molecular weight is 368 g/mol. The van der Waals surface area contributed by atoms with Crippen LogP contribution in [0.2, 0.25) is 6.55 Å². The van der Waals surface area contributed by atoms with Gasteiger partial charge >= 0.3 is 0 Å². The van der Waals surface area contributed by atoms with Gasteiger partial charge in [-0.05, 0) is 23.3 Å². The first-order chi connectivity index (χ1) is 12.7. The van der Waals surface area contributed by atoms with Crippen molar-refractivity contribution in [2.24, 2.45) is 0 Å². The number of hydrogen-bond donors (Lipinski definition) is 0. The zero-order chi connectivity index (χ0) is 18.4. The van der Waals surface area contributed by atoms with E-state index in [1.165, 1.54) is 10.4 Å². The van der Waals surface area contributed by atoms with Crippen LogP contribution in [0, 0.1) is 11.3 Å². The Bertz CT molecular complexity index is 692. The van der Waals surface area contributed by atoms with E-state index in [0.29, 0.717) is 12.8 Å². The third-order valence-electron chi connectivity index (χ3n) is 4.96. The Hall–Kier alpha value is -1.97. The van der Waals surface area contributed by atoms with Gasteiger partial charge in [0.25, 0.3) is 8.32 Å². The summed E-state index contributed by atoms with van der Waals surface area (Å²) in [6, 6.07) is 23.1. The fourth-order valence-corrected chi connectivity index (χ4v) is 6.68. The van der Waals surface area contributed by atoms with Crippen LogP contribution >= 0.6 is 0 Å². The molecule has 1 aliphatic heterocycles. The van der Waals surface area contributed by atoms with Gasteiger partial charge in [-0.25, -0.2) is 0 Å². The Labute approximate surface area is 156 Å². The lowest BCUT2D eigenvalue weighted by atomic mass is 10.0. The normalized spacial score (nSPS) is 23.3. The molecule has 5 heteroatoms. The molecule has 2 aromatic rings. The second-order valence-corrected chi connectivity index (χ2v) is 10.2. The second-order valence-electron chi connectivity index (χ2n) is 6.76. The maximum Gasteiger partial charge on any atom is 0.253 e. The van der Waals surface area contributed by atoms with Crippen LogP contribution in [0.15, 0.2) is 60.7 Å². The van der Waals surface area contributed by atoms with Gasteiger partial charge in [-0.2, -0.15) is 5.26 Å². The van der Waals surface area contributed by atoms with Crippen LogP contribution in [-0.2, 0) is 13.9 Å². The van der Waals surface area contributed by atoms with Crippen molar-refractivity contribution in [3.05, 3.63) is 60.7 Å². The molecule has 0 spiro atoms. The van der Waals surface area contributed by atoms with E-state index >= 15 is 0 Å². The smallest absolute Gasteiger partial charge is 0.253 e. The molecule has 1 heterocycles. The maximum absolute atomic E-state index is 9.05. The first kappa shape index (κ1) is 18.8. The molecule has 0 aromatic heterocycles. The van der Waals surface area contributed by atoms with E-state index in [4.69, 9.17) is 19.2 Å². The van der Waals surface area contributed by atoms with E-state index in [-0.39, 0.29) is 18.5 Å². The summed E-state index contributed by atoms with van der Waals surface area (Å²) < 4.78 is 18.1. The lowest BCUT2D eigenvalue weighted by Crippen LogP contribution is -2.60. The molecule has 136 valence electrons. The van der Waals surface area contributed by atoms with Crippen LogP contribution in [-0.4, -0.2) is 33.9 Å². The van der Waals surface area contributed by atoms with Gasteiger partial charge in [0.05, 0.1) is 24.7 Å². The van der Waals surface area contributed by atoms with E-state index in [1.54, 1.807) is 7.11 Å². The summed E-state index contributed by atoms with van der Waals surface area (Å²) in [6.45, 7) is 2.24. The molecule has 0 saturated carbocycles. The van der Waals surface area contributed by atoms with Crippen molar-refractivity contribution in [2.45, 2.75) is 44.3 Å². The van der Waals surface area contributed by atoms with E-state index in [2.05, 4.69) is 61.1 Å². The monoisotopic (exact) mass is 367 g/mol. The molecule has 3 rings (SSSR count). The van der Waals surface area contributed by atoms with E-state index in [9.17, 15) is 0 Å². The van der Waals surface area contributed by atoms with Gasteiger partial charge in [0, 0.05) is 13.5 Å². The summed E-state index contributed by atoms with van der Waals surface area (Å²) in [5, 5.41) is 11.5. The molecule has 1 fully saturated rings. The van der Waals surface area contributed by atoms with Crippen LogP contribution in [0.5, 0.6) is 0 Å². The van der Waals surface area contributed by atoms with E-state index in [1.807, 2.05) is 12.1 Å². The molecular weight excluding hydrogens is 342 g/mol. The number of benzene rings is 2. The Morgan fingerprint density at radius 3 is 2.12 bits per heavy atom. The summed E-state index contributed by atoms with van der Waals surface area (Å²) in [5.74, 6) is 0. The Kier molecular flexibility index (Phi) is 6.23. The van der Waals surface area contributed by atoms with Crippen molar-refractivity contribution in [3.8, 4) is 6.07 Å². The highest BCUT2D eigenvalue weighted by molar-refractivity contribution is 6.96. The van der Waals surface area contributed by atoms with Gasteiger partial charge in [0.15, 0.2) is 6.29 Å². The highest BCUT2D eigenvalue weighted by Gasteiger charge is 2.40. The van der Waals surface area contributed by atoms with Crippen molar-refractivity contribution in [2.75, 3.05) is 7.11 Å². The van der Waals surface area contributed by atoms with Gasteiger partial charge in [0.2, 0.25) is 0 Å². The number of ether oxygens (including phenoxy) is 2. The van der Waals surface area contributed by atoms with Crippen molar-refractivity contribution < 1.29 is 13.9 Å². The molecule has 2 aromatic carbocycles. The minimum absolute atomic E-state index is 0.00382. The molecule has 0 amide bonds. The number of nitrogens with zero attached hydrogens (tertiary/aromatic N) is 1. The molecule has 0 bridgehead atoms. The van der Waals surface area contributed by atoms with Crippen LogP contribution in [0.3, 0.4) is 0 Å². The number of methoxy groups -OCH3 is 1. The molecule has 0 unspecified atom stereocenters. The van der Waals surface area contributed by atoms with E-state index in [0.717, 1.165) is 6.42 Å². The highest BCUT2D eigenvalue weighted by atomic mass is 28.4. The van der Waals surface area contributed by atoms with Gasteiger partial charge in [0.1, 0.15) is 0 Å². The van der Waals surface area contributed by atoms with Crippen molar-refractivity contribution in [1.29, 1.82) is 5.26 Å². The van der Waals surface area contributed by atoms with Crippen molar-refractivity contribution in [3.63, 3.8) is 0 Å². The number of rotatable bonds is 6. The van der Waals surface area contributed by atoms with Gasteiger partial charge in [-0.3, -0.25) is 0 Å². The molecule has 3 atom stereocenters. The minimum Gasteiger partial charge on any atom is -0.405 e. The Morgan fingerprint density at radius 1 is 1.04 bits per heavy atom. The molecule has 4 nitrogen and oxygen atoms in total. The van der Waals surface area contributed by atoms with Crippen LogP contribution < -0.4 is 10.4 Å². The number of nitriles is 1. The summed E-state index contributed by atoms with van der Waals surface area (Å²) >= 11 is 0. The third-order valence-corrected chi connectivity index (χ3v) is 8.63. The fraction of sp³-hybridized carbons (Fsp3) is 0.381. The zero-order valence-electron chi connectivity index (χ0n) is 15.3. The average Bonchev–Trinajstić information content (AvgIpc) is 2.69. The first-order valence-corrected chi connectivity index (χ1v) is 11.4. The summed E-state index contributed by atoms with van der Waals surface area (Å²) in [6.07, 6.45) is 1.29. The summed E-state index contributed by atoms with van der Waals surface area (Å²) in [5.41, 5.74) is 0. The van der Waals surface area contributed by atoms with E-state index < -0.39 is 8.32 Å². The largest absolute Gasteiger partial charge is 0.405 e. The maximum atomic E-state index is 9.05. The van der Waals surface area contributed by atoms with Crippen molar-refractivity contribution in [1.82, 2.24) is 0 Å². The first-order valence-electron chi connectivity index (χ1n) is 8.99. The predicted molar refractivity (Wildman–Crippen MR) is 104 cm³/mol. The molecule has 0 radical (unpaired) electrons. The Morgan fingerprint density at radius 2 is 1.62 bits per heavy atom. The van der Waals surface area contributed by atoms with Gasteiger partial charge < -0.3 is 13.9 Å². The molecule has 0 N–H and O–H groups in total. The van der Waals surface area contributed by atoms with Gasteiger partial charge in [-0.1, -0.05) is 60.7 Å². The van der Waals surface area contributed by atoms with Crippen LogP contribution in [0.1, 0.15) is 19.3 Å².